The summed E-state index contributed by atoms with van der Waals surface area (Å²) in [5.74, 6) is -0.538. The van der Waals surface area contributed by atoms with Gasteiger partial charge < -0.3 is 10.0 Å². The van der Waals surface area contributed by atoms with Gasteiger partial charge in [0.25, 0.3) is 0 Å². The van der Waals surface area contributed by atoms with Crippen LogP contribution in [0.2, 0.25) is 0 Å². The zero-order chi connectivity index (χ0) is 21.0. The summed E-state index contributed by atoms with van der Waals surface area (Å²) in [4.78, 5) is 16.4. The number of halogens is 3. The molecule has 4 atom stereocenters. The first-order chi connectivity index (χ1) is 13.5. The molecule has 29 heavy (non-hydrogen) atoms. The molecule has 0 unspecified atom stereocenters. The van der Waals surface area contributed by atoms with Crippen molar-refractivity contribution in [2.45, 2.75) is 30.7 Å². The van der Waals surface area contributed by atoms with Crippen LogP contribution in [0.1, 0.15) is 23.5 Å². The van der Waals surface area contributed by atoms with Crippen LogP contribution < -0.4 is 0 Å². The van der Waals surface area contributed by atoms with E-state index in [1.165, 1.54) is 12.1 Å². The molecule has 1 N–H and O–H groups in total. The molecule has 0 spiro atoms. The maximum atomic E-state index is 12.7. The van der Waals surface area contributed by atoms with Gasteiger partial charge in [-0.25, -0.2) is 8.42 Å². The van der Waals surface area contributed by atoms with Crippen molar-refractivity contribution < 1.29 is 31.5 Å². The molecule has 1 aromatic carbocycles. The molecular weight excluding hydrogens is 409 g/mol. The number of carbonyl (C=O) groups is 1. The molecule has 1 aromatic rings. The van der Waals surface area contributed by atoms with Gasteiger partial charge in [0.2, 0.25) is 5.91 Å². The molecule has 0 radical (unpaired) electrons. The van der Waals surface area contributed by atoms with Crippen LogP contribution in [0.15, 0.2) is 24.3 Å². The Labute approximate surface area is 167 Å². The third kappa shape index (κ3) is 4.29. The number of aliphatic hydroxyl groups is 1. The zero-order valence-corrected chi connectivity index (χ0v) is 16.5. The van der Waals surface area contributed by atoms with Crippen LogP contribution in [-0.4, -0.2) is 79.1 Å². The van der Waals surface area contributed by atoms with Gasteiger partial charge in [-0.2, -0.15) is 13.2 Å². The fourth-order valence-electron chi connectivity index (χ4n) is 4.42. The monoisotopic (exact) mass is 432 g/mol. The summed E-state index contributed by atoms with van der Waals surface area (Å²) >= 11 is 0. The Bertz CT molecular complexity index is 880. The van der Waals surface area contributed by atoms with Gasteiger partial charge in [-0.15, -0.1) is 0 Å². The van der Waals surface area contributed by atoms with Crippen molar-refractivity contribution in [2.75, 3.05) is 37.7 Å². The lowest BCUT2D eigenvalue weighted by Gasteiger charge is -2.38. The SMILES string of the molecule is O=C([C@@H]1C[C@@H]1c1ccc(C(F)(F)F)cc1)N1CCN([C@@H]2CS(=O)(=O)C[C@H]2O)CC1. The summed E-state index contributed by atoms with van der Waals surface area (Å²) in [6, 6.07) is 4.57. The predicted molar refractivity (Wildman–Crippen MR) is 98.9 cm³/mol. The number of amides is 1. The molecule has 2 saturated heterocycles. The molecule has 3 aliphatic rings. The Morgan fingerprint density at radius 3 is 2.17 bits per heavy atom. The van der Waals surface area contributed by atoms with Crippen molar-refractivity contribution >= 4 is 15.7 Å². The first-order valence-corrected chi connectivity index (χ1v) is 11.5. The van der Waals surface area contributed by atoms with Gasteiger partial charge in [-0.1, -0.05) is 12.1 Å². The molecule has 1 saturated carbocycles. The lowest BCUT2D eigenvalue weighted by atomic mass is 10.1. The van der Waals surface area contributed by atoms with Crippen molar-refractivity contribution in [1.82, 2.24) is 9.80 Å². The minimum absolute atomic E-state index is 0.00543. The zero-order valence-electron chi connectivity index (χ0n) is 15.7. The standard InChI is InChI=1S/C19H23F3N2O4S/c20-19(21,22)13-3-1-12(2-4-13)14-9-15(14)18(26)24-7-5-23(6-8-24)16-10-29(27,28)11-17(16)25/h1-4,14-17,25H,5-11H2/t14-,15-,16-,17-/m1/s1. The molecule has 2 aliphatic heterocycles. The van der Waals surface area contributed by atoms with Gasteiger partial charge in [0.1, 0.15) is 0 Å². The predicted octanol–water partition coefficient (Wildman–Crippen LogP) is 1.11. The van der Waals surface area contributed by atoms with Gasteiger partial charge >= 0.3 is 6.18 Å². The lowest BCUT2D eigenvalue weighted by molar-refractivity contribution is -0.137. The average molecular weight is 432 g/mol. The molecular formula is C19H23F3N2O4S. The number of alkyl halides is 3. The van der Waals surface area contributed by atoms with Crippen molar-refractivity contribution in [2.24, 2.45) is 5.92 Å². The van der Waals surface area contributed by atoms with Crippen molar-refractivity contribution in [3.63, 3.8) is 0 Å². The van der Waals surface area contributed by atoms with E-state index in [-0.39, 0.29) is 29.2 Å². The number of aliphatic hydroxyl groups excluding tert-OH is 1. The molecule has 1 amide bonds. The molecule has 2 heterocycles. The van der Waals surface area contributed by atoms with Gasteiger partial charge in [-0.05, 0) is 30.0 Å². The first kappa shape index (κ1) is 20.6. The van der Waals surface area contributed by atoms with E-state index in [1.54, 1.807) is 4.90 Å². The summed E-state index contributed by atoms with van der Waals surface area (Å²) in [5, 5.41) is 10.0. The second-order valence-electron chi connectivity index (χ2n) is 8.14. The number of benzene rings is 1. The van der Waals surface area contributed by atoms with E-state index in [4.69, 9.17) is 0 Å². The second-order valence-corrected chi connectivity index (χ2v) is 10.3. The quantitative estimate of drug-likeness (QED) is 0.775. The smallest absolute Gasteiger partial charge is 0.390 e. The summed E-state index contributed by atoms with van der Waals surface area (Å²) in [6.07, 6.45) is -4.64. The summed E-state index contributed by atoms with van der Waals surface area (Å²) in [5.41, 5.74) is 0.0475. The Kier molecular flexibility index (Phi) is 5.15. The van der Waals surface area contributed by atoms with Crippen LogP contribution in [-0.2, 0) is 20.8 Å². The number of rotatable bonds is 3. The second kappa shape index (κ2) is 7.24. The Balaban J connectivity index is 1.31. The molecule has 0 aromatic heterocycles. The Hall–Kier alpha value is -1.65. The lowest BCUT2D eigenvalue weighted by Crippen LogP contribution is -2.55. The number of hydrogen-bond donors (Lipinski definition) is 1. The van der Waals surface area contributed by atoms with Crippen LogP contribution in [0.4, 0.5) is 13.2 Å². The van der Waals surface area contributed by atoms with Gasteiger partial charge in [0.05, 0.1) is 29.2 Å². The largest absolute Gasteiger partial charge is 0.416 e. The highest BCUT2D eigenvalue weighted by Crippen LogP contribution is 2.49. The van der Waals surface area contributed by atoms with E-state index in [0.29, 0.717) is 32.6 Å². The van der Waals surface area contributed by atoms with E-state index < -0.39 is 33.7 Å². The molecule has 1 aliphatic carbocycles. The van der Waals surface area contributed by atoms with E-state index in [9.17, 15) is 31.5 Å². The van der Waals surface area contributed by atoms with Gasteiger partial charge in [0, 0.05) is 32.1 Å². The Morgan fingerprint density at radius 1 is 1.03 bits per heavy atom. The number of sulfone groups is 1. The van der Waals surface area contributed by atoms with Crippen molar-refractivity contribution in [3.05, 3.63) is 35.4 Å². The minimum atomic E-state index is -4.37. The fourth-order valence-corrected chi connectivity index (χ4v) is 6.26. The number of carbonyl (C=O) groups excluding carboxylic acids is 1. The fraction of sp³-hybridized carbons (Fsp3) is 0.632. The molecule has 6 nitrogen and oxygen atoms in total. The van der Waals surface area contributed by atoms with Gasteiger partial charge in [0.15, 0.2) is 9.84 Å². The highest BCUT2D eigenvalue weighted by atomic mass is 32.2. The number of piperazine rings is 1. The molecule has 0 bridgehead atoms. The van der Waals surface area contributed by atoms with E-state index in [1.807, 2.05) is 4.90 Å². The van der Waals surface area contributed by atoms with E-state index in [2.05, 4.69) is 0 Å². The summed E-state index contributed by atoms with van der Waals surface area (Å²) in [6.45, 7) is 1.91. The molecule has 4 rings (SSSR count). The first-order valence-electron chi connectivity index (χ1n) is 9.64. The normalized spacial score (nSPS) is 32.3. The topological polar surface area (TPSA) is 77.9 Å². The van der Waals surface area contributed by atoms with E-state index >= 15 is 0 Å². The van der Waals surface area contributed by atoms with Crippen LogP contribution in [0.5, 0.6) is 0 Å². The van der Waals surface area contributed by atoms with Crippen LogP contribution in [0, 0.1) is 5.92 Å². The molecule has 160 valence electrons. The van der Waals surface area contributed by atoms with E-state index in [0.717, 1.165) is 17.7 Å². The maximum absolute atomic E-state index is 12.7. The molecule has 3 fully saturated rings. The number of hydrogen-bond acceptors (Lipinski definition) is 5. The average Bonchev–Trinajstić information content (AvgIpc) is 3.40. The Morgan fingerprint density at radius 2 is 1.66 bits per heavy atom. The maximum Gasteiger partial charge on any atom is 0.416 e. The third-order valence-corrected chi connectivity index (χ3v) is 7.86. The van der Waals surface area contributed by atoms with Gasteiger partial charge in [-0.3, -0.25) is 9.69 Å². The minimum Gasteiger partial charge on any atom is -0.390 e. The van der Waals surface area contributed by atoms with Crippen LogP contribution >= 0.6 is 0 Å². The van der Waals surface area contributed by atoms with Crippen molar-refractivity contribution in [3.8, 4) is 0 Å². The third-order valence-electron chi connectivity index (χ3n) is 6.16. The summed E-state index contributed by atoms with van der Waals surface area (Å²) in [7, 11) is -3.22. The highest BCUT2D eigenvalue weighted by molar-refractivity contribution is 7.91. The highest BCUT2D eigenvalue weighted by Gasteiger charge is 2.47. The van der Waals surface area contributed by atoms with Crippen LogP contribution in [0.3, 0.4) is 0 Å². The molecule has 10 heteroatoms. The van der Waals surface area contributed by atoms with Crippen molar-refractivity contribution in [1.29, 1.82) is 0 Å². The summed E-state index contributed by atoms with van der Waals surface area (Å²) < 4.78 is 61.4. The van der Waals surface area contributed by atoms with Crippen LogP contribution in [0.25, 0.3) is 0 Å². The number of nitrogens with zero attached hydrogens (tertiary/aromatic N) is 2.